The highest BCUT2D eigenvalue weighted by atomic mass is 14.4. The number of fused-ring (bicyclic) bond motifs is 3. The highest BCUT2D eigenvalue weighted by molar-refractivity contribution is 5.55. The lowest BCUT2D eigenvalue weighted by atomic mass is 9.77. The molecule has 0 aromatic rings. The molecule has 0 saturated heterocycles. The van der Waals surface area contributed by atoms with E-state index in [-0.39, 0.29) is 0 Å². The zero-order chi connectivity index (χ0) is 13.4. The first-order valence-electron chi connectivity index (χ1n) is 8.07. The van der Waals surface area contributed by atoms with Crippen molar-refractivity contribution < 1.29 is 0 Å². The molecule has 20 heavy (non-hydrogen) atoms. The number of rotatable bonds is 0. The van der Waals surface area contributed by atoms with E-state index in [1.807, 2.05) is 0 Å². The lowest BCUT2D eigenvalue weighted by molar-refractivity contribution is 0.360. The maximum absolute atomic E-state index is 2.51. The van der Waals surface area contributed by atoms with Gasteiger partial charge in [0.15, 0.2) is 0 Å². The Hall–Kier alpha value is -1.56. The first kappa shape index (κ1) is 12.2. The zero-order valence-electron chi connectivity index (χ0n) is 12.0. The van der Waals surface area contributed by atoms with Crippen LogP contribution >= 0.6 is 0 Å². The van der Waals surface area contributed by atoms with Crippen LogP contribution in [0.1, 0.15) is 32.1 Å². The van der Waals surface area contributed by atoms with Gasteiger partial charge in [0.25, 0.3) is 0 Å². The summed E-state index contributed by atoms with van der Waals surface area (Å²) in [4.78, 5) is 0. The highest BCUT2D eigenvalue weighted by Crippen LogP contribution is 2.52. The fourth-order valence-electron chi connectivity index (χ4n) is 4.37. The summed E-state index contributed by atoms with van der Waals surface area (Å²) >= 11 is 0. The van der Waals surface area contributed by atoms with Gasteiger partial charge in [-0.3, -0.25) is 0 Å². The molecule has 0 spiro atoms. The van der Waals surface area contributed by atoms with Crippen LogP contribution in [0.3, 0.4) is 0 Å². The molecule has 0 nitrogen and oxygen atoms in total. The van der Waals surface area contributed by atoms with Gasteiger partial charge in [0.1, 0.15) is 0 Å². The average molecular weight is 262 g/mol. The van der Waals surface area contributed by atoms with Crippen LogP contribution in [0.25, 0.3) is 0 Å². The average Bonchev–Trinajstić information content (AvgIpc) is 2.68. The molecule has 0 radical (unpaired) electrons. The molecule has 0 aromatic carbocycles. The van der Waals surface area contributed by atoms with Crippen LogP contribution in [-0.4, -0.2) is 0 Å². The van der Waals surface area contributed by atoms with Crippen molar-refractivity contribution in [2.75, 3.05) is 0 Å². The molecule has 3 unspecified atom stereocenters. The maximum Gasteiger partial charge on any atom is 0.00609 e. The first-order chi connectivity index (χ1) is 9.95. The quantitative estimate of drug-likeness (QED) is 0.520. The van der Waals surface area contributed by atoms with Crippen LogP contribution in [0.2, 0.25) is 0 Å². The normalized spacial score (nSPS) is 34.8. The molecule has 4 aliphatic carbocycles. The highest BCUT2D eigenvalue weighted by Gasteiger charge is 2.40. The van der Waals surface area contributed by atoms with Gasteiger partial charge in [-0.2, -0.15) is 0 Å². The summed E-state index contributed by atoms with van der Waals surface area (Å²) in [6.07, 6.45) is 27.6. The molecule has 0 aromatic heterocycles. The second kappa shape index (κ2) is 5.09. The van der Waals surface area contributed by atoms with Gasteiger partial charge < -0.3 is 0 Å². The minimum atomic E-state index is 0.643. The molecule has 0 fully saturated rings. The SMILES string of the molecule is C1=CC=C2CC=CC3C2=C(C=C1)C1C=CCCCCC13. The minimum Gasteiger partial charge on any atom is -0.0879 e. The van der Waals surface area contributed by atoms with Gasteiger partial charge in [-0.1, -0.05) is 61.1 Å². The fraction of sp³-hybridized carbons (Fsp3) is 0.400. The van der Waals surface area contributed by atoms with E-state index >= 15 is 0 Å². The van der Waals surface area contributed by atoms with Crippen molar-refractivity contribution in [3.8, 4) is 0 Å². The lowest BCUT2D eigenvalue weighted by Gasteiger charge is -2.27. The Kier molecular flexibility index (Phi) is 3.10. The summed E-state index contributed by atoms with van der Waals surface area (Å²) in [5.41, 5.74) is 4.79. The first-order valence-corrected chi connectivity index (χ1v) is 8.07. The number of allylic oxidation sites excluding steroid dienone is 12. The standard InChI is InChI=1S/C20H22/c1-2-6-12-17-16(11-5-1)18-13-7-3-4-9-15-10-8-14-19(17)20(15)18/h3-5,7-9,11,13-14,16-17,19H,1-2,6,10,12H2. The monoisotopic (exact) mass is 262 g/mol. The molecule has 102 valence electrons. The van der Waals surface area contributed by atoms with E-state index in [1.54, 1.807) is 16.7 Å². The van der Waals surface area contributed by atoms with Gasteiger partial charge in [0.05, 0.1) is 0 Å². The molecule has 3 atom stereocenters. The topological polar surface area (TPSA) is 0 Å². The third-order valence-electron chi connectivity index (χ3n) is 5.25. The summed E-state index contributed by atoms with van der Waals surface area (Å²) in [5.74, 6) is 2.09. The summed E-state index contributed by atoms with van der Waals surface area (Å²) in [6, 6.07) is 0. The fourth-order valence-corrected chi connectivity index (χ4v) is 4.37. The molecular formula is C20H22. The molecule has 0 saturated carbocycles. The van der Waals surface area contributed by atoms with Crippen molar-refractivity contribution >= 4 is 0 Å². The molecule has 0 N–H and O–H groups in total. The number of hydrogen-bond acceptors (Lipinski definition) is 0. The lowest BCUT2D eigenvalue weighted by Crippen LogP contribution is -2.18. The van der Waals surface area contributed by atoms with E-state index in [0.717, 1.165) is 12.3 Å². The van der Waals surface area contributed by atoms with Crippen molar-refractivity contribution in [3.63, 3.8) is 0 Å². The molecule has 0 bridgehead atoms. The second-order valence-electron chi connectivity index (χ2n) is 6.37. The van der Waals surface area contributed by atoms with Gasteiger partial charge >= 0.3 is 0 Å². The van der Waals surface area contributed by atoms with E-state index in [9.17, 15) is 0 Å². The van der Waals surface area contributed by atoms with Gasteiger partial charge in [-0.25, -0.2) is 0 Å². The van der Waals surface area contributed by atoms with Crippen molar-refractivity contribution in [1.29, 1.82) is 0 Å². The molecule has 0 aliphatic heterocycles. The third-order valence-corrected chi connectivity index (χ3v) is 5.25. The smallest absolute Gasteiger partial charge is 0.00609 e. The van der Waals surface area contributed by atoms with E-state index in [2.05, 4.69) is 54.7 Å². The molecule has 4 aliphatic rings. The van der Waals surface area contributed by atoms with Crippen molar-refractivity contribution in [1.82, 2.24) is 0 Å². The zero-order valence-corrected chi connectivity index (χ0v) is 12.0. The Bertz CT molecular complexity index is 577. The van der Waals surface area contributed by atoms with Gasteiger partial charge in [0, 0.05) is 11.8 Å². The van der Waals surface area contributed by atoms with Crippen molar-refractivity contribution in [2.45, 2.75) is 32.1 Å². The maximum atomic E-state index is 2.51. The Morgan fingerprint density at radius 2 is 1.85 bits per heavy atom. The van der Waals surface area contributed by atoms with E-state index in [0.29, 0.717) is 11.8 Å². The predicted octanol–water partition coefficient (Wildman–Crippen LogP) is 5.29. The molecule has 4 rings (SSSR count). The summed E-state index contributed by atoms with van der Waals surface area (Å²) in [5, 5.41) is 0. The van der Waals surface area contributed by atoms with Crippen molar-refractivity contribution in [2.24, 2.45) is 17.8 Å². The van der Waals surface area contributed by atoms with E-state index < -0.39 is 0 Å². The van der Waals surface area contributed by atoms with Gasteiger partial charge in [-0.15, -0.1) is 0 Å². The van der Waals surface area contributed by atoms with E-state index in [1.165, 1.54) is 25.7 Å². The second-order valence-corrected chi connectivity index (χ2v) is 6.37. The Morgan fingerprint density at radius 1 is 0.900 bits per heavy atom. The molecule has 0 heteroatoms. The van der Waals surface area contributed by atoms with Crippen LogP contribution < -0.4 is 0 Å². The molecule has 0 amide bonds. The van der Waals surface area contributed by atoms with Crippen LogP contribution in [-0.2, 0) is 0 Å². The Balaban J connectivity index is 1.86. The summed E-state index contributed by atoms with van der Waals surface area (Å²) in [7, 11) is 0. The van der Waals surface area contributed by atoms with Gasteiger partial charge in [0.2, 0.25) is 0 Å². The van der Waals surface area contributed by atoms with E-state index in [4.69, 9.17) is 0 Å². The Labute approximate surface area is 122 Å². The third kappa shape index (κ3) is 1.90. The largest absolute Gasteiger partial charge is 0.0879 e. The molecular weight excluding hydrogens is 240 g/mol. The summed E-state index contributed by atoms with van der Waals surface area (Å²) in [6.45, 7) is 0. The predicted molar refractivity (Wildman–Crippen MR) is 85.2 cm³/mol. The van der Waals surface area contributed by atoms with Crippen LogP contribution in [0, 0.1) is 17.8 Å². The van der Waals surface area contributed by atoms with Crippen LogP contribution in [0.5, 0.6) is 0 Å². The minimum absolute atomic E-state index is 0.643. The summed E-state index contributed by atoms with van der Waals surface area (Å²) < 4.78 is 0. The molecule has 0 heterocycles. The Morgan fingerprint density at radius 3 is 2.85 bits per heavy atom. The van der Waals surface area contributed by atoms with Crippen LogP contribution in [0.4, 0.5) is 0 Å². The van der Waals surface area contributed by atoms with Gasteiger partial charge in [-0.05, 0) is 48.3 Å². The van der Waals surface area contributed by atoms with Crippen molar-refractivity contribution in [3.05, 3.63) is 71.4 Å². The number of hydrogen-bond donors (Lipinski definition) is 0. The van der Waals surface area contributed by atoms with Crippen LogP contribution in [0.15, 0.2) is 71.4 Å².